The van der Waals surface area contributed by atoms with E-state index in [2.05, 4.69) is 25.5 Å². The molecule has 134 valence electrons. The van der Waals surface area contributed by atoms with Gasteiger partial charge in [-0.3, -0.25) is 0 Å². The summed E-state index contributed by atoms with van der Waals surface area (Å²) < 4.78 is 26.6. The number of hydrogen-bond acceptors (Lipinski definition) is 5. The second-order valence-corrected chi connectivity index (χ2v) is 6.64. The highest BCUT2D eigenvalue weighted by molar-refractivity contribution is 5.44. The molecule has 1 fully saturated rings. The van der Waals surface area contributed by atoms with E-state index < -0.39 is 11.6 Å². The zero-order chi connectivity index (χ0) is 17.8. The highest BCUT2D eigenvalue weighted by Crippen LogP contribution is 2.39. The Morgan fingerprint density at radius 2 is 1.76 bits per heavy atom. The summed E-state index contributed by atoms with van der Waals surface area (Å²) in [5, 5.41) is 6.38. The summed E-state index contributed by atoms with van der Waals surface area (Å²) in [5.41, 5.74) is 1.54. The number of likely N-dealkylation sites (N-methyl/N-ethyl adjacent to an activating group) is 1. The van der Waals surface area contributed by atoms with Gasteiger partial charge in [0.25, 0.3) is 0 Å². The number of nitrogens with zero attached hydrogens (tertiary/aromatic N) is 3. The van der Waals surface area contributed by atoms with E-state index in [1.165, 1.54) is 12.1 Å². The average Bonchev–Trinajstić information content (AvgIpc) is 3.36. The standard InChI is InChI=1S/C18H23F2N5/c1-25(2)6-5-21-18-23-16(13-3-4-13)10-17(24-18)22-11-12-7-14(19)9-15(20)8-12/h7-10,13H,3-6,11H2,1-2H3,(H2,21,22,23,24). The maximum Gasteiger partial charge on any atom is 0.224 e. The van der Waals surface area contributed by atoms with Crippen molar-refractivity contribution in [1.29, 1.82) is 0 Å². The highest BCUT2D eigenvalue weighted by atomic mass is 19.1. The SMILES string of the molecule is CN(C)CCNc1nc(NCc2cc(F)cc(F)c2)cc(C2CC2)n1. The highest BCUT2D eigenvalue weighted by Gasteiger charge is 2.26. The van der Waals surface area contributed by atoms with E-state index in [0.29, 0.717) is 29.8 Å². The Balaban J connectivity index is 1.69. The van der Waals surface area contributed by atoms with E-state index in [9.17, 15) is 8.78 Å². The molecule has 0 saturated heterocycles. The second kappa shape index (κ2) is 7.74. The number of hydrogen-bond donors (Lipinski definition) is 2. The molecule has 1 aromatic carbocycles. The van der Waals surface area contributed by atoms with E-state index in [1.54, 1.807) is 0 Å². The molecule has 2 N–H and O–H groups in total. The second-order valence-electron chi connectivity index (χ2n) is 6.64. The van der Waals surface area contributed by atoms with Gasteiger partial charge in [-0.2, -0.15) is 4.98 Å². The molecule has 0 atom stereocenters. The van der Waals surface area contributed by atoms with Gasteiger partial charge in [-0.05, 0) is 44.6 Å². The number of anilines is 2. The lowest BCUT2D eigenvalue weighted by Gasteiger charge is -2.13. The summed E-state index contributed by atoms with van der Waals surface area (Å²) in [4.78, 5) is 11.1. The van der Waals surface area contributed by atoms with Crippen molar-refractivity contribution in [2.24, 2.45) is 0 Å². The van der Waals surface area contributed by atoms with Crippen LogP contribution in [0.3, 0.4) is 0 Å². The molecule has 1 saturated carbocycles. The fraction of sp³-hybridized carbons (Fsp3) is 0.444. The van der Waals surface area contributed by atoms with Gasteiger partial charge >= 0.3 is 0 Å². The van der Waals surface area contributed by atoms with Crippen molar-refractivity contribution in [2.75, 3.05) is 37.8 Å². The lowest BCUT2D eigenvalue weighted by atomic mass is 10.2. The fourth-order valence-corrected chi connectivity index (χ4v) is 2.52. The molecule has 7 heteroatoms. The number of nitrogens with one attached hydrogen (secondary N) is 2. The van der Waals surface area contributed by atoms with Crippen molar-refractivity contribution in [1.82, 2.24) is 14.9 Å². The zero-order valence-electron chi connectivity index (χ0n) is 14.5. The first-order chi connectivity index (χ1) is 12.0. The molecule has 1 aromatic heterocycles. The van der Waals surface area contributed by atoms with E-state index in [4.69, 9.17) is 0 Å². The summed E-state index contributed by atoms with van der Waals surface area (Å²) in [6.07, 6.45) is 2.28. The van der Waals surface area contributed by atoms with Crippen LogP contribution in [0.1, 0.15) is 30.0 Å². The van der Waals surface area contributed by atoms with Gasteiger partial charge in [-0.15, -0.1) is 0 Å². The number of benzene rings is 1. The zero-order valence-corrected chi connectivity index (χ0v) is 14.5. The summed E-state index contributed by atoms with van der Waals surface area (Å²) in [5.74, 6) is 0.575. The normalized spacial score (nSPS) is 14.0. The molecule has 0 aliphatic heterocycles. The molecule has 0 unspecified atom stereocenters. The van der Waals surface area contributed by atoms with Gasteiger partial charge < -0.3 is 15.5 Å². The molecule has 1 heterocycles. The molecule has 25 heavy (non-hydrogen) atoms. The Hall–Kier alpha value is -2.28. The Morgan fingerprint density at radius 1 is 1.04 bits per heavy atom. The largest absolute Gasteiger partial charge is 0.366 e. The van der Waals surface area contributed by atoms with Crippen LogP contribution in [0.4, 0.5) is 20.5 Å². The van der Waals surface area contributed by atoms with Crippen molar-refractivity contribution < 1.29 is 8.78 Å². The topological polar surface area (TPSA) is 53.1 Å². The van der Waals surface area contributed by atoms with Crippen LogP contribution in [0, 0.1) is 11.6 Å². The molecule has 1 aliphatic rings. The molecule has 0 spiro atoms. The van der Waals surface area contributed by atoms with Crippen LogP contribution in [0.25, 0.3) is 0 Å². The quantitative estimate of drug-likeness (QED) is 0.768. The molecular formula is C18H23F2N5. The molecule has 2 aromatic rings. The van der Waals surface area contributed by atoms with E-state index >= 15 is 0 Å². The van der Waals surface area contributed by atoms with Crippen molar-refractivity contribution in [2.45, 2.75) is 25.3 Å². The Labute approximate surface area is 146 Å². The maximum atomic E-state index is 13.3. The third kappa shape index (κ3) is 5.35. The van der Waals surface area contributed by atoms with E-state index in [0.717, 1.165) is 37.7 Å². The van der Waals surface area contributed by atoms with Crippen molar-refractivity contribution in [3.63, 3.8) is 0 Å². The first-order valence-electron chi connectivity index (χ1n) is 8.46. The van der Waals surface area contributed by atoms with Gasteiger partial charge in [0.05, 0.1) is 5.69 Å². The molecule has 5 nitrogen and oxygen atoms in total. The van der Waals surface area contributed by atoms with Crippen molar-refractivity contribution in [3.8, 4) is 0 Å². The lowest BCUT2D eigenvalue weighted by molar-refractivity contribution is 0.425. The van der Waals surface area contributed by atoms with Crippen molar-refractivity contribution in [3.05, 3.63) is 47.2 Å². The molecule has 3 rings (SSSR count). The molecular weight excluding hydrogens is 324 g/mol. The Kier molecular flexibility index (Phi) is 5.43. The summed E-state index contributed by atoms with van der Waals surface area (Å²) in [6.45, 7) is 1.92. The molecule has 0 bridgehead atoms. The van der Waals surface area contributed by atoms with E-state index in [1.807, 2.05) is 20.2 Å². The third-order valence-corrected chi connectivity index (χ3v) is 3.98. The average molecular weight is 347 g/mol. The summed E-state index contributed by atoms with van der Waals surface area (Å²) in [6, 6.07) is 5.42. The van der Waals surface area contributed by atoms with Crippen LogP contribution >= 0.6 is 0 Å². The van der Waals surface area contributed by atoms with Crippen molar-refractivity contribution >= 4 is 11.8 Å². The predicted molar refractivity (Wildman–Crippen MR) is 94.7 cm³/mol. The summed E-state index contributed by atoms with van der Waals surface area (Å²) >= 11 is 0. The van der Waals surface area contributed by atoms with Gasteiger partial charge in [0.15, 0.2) is 0 Å². The van der Waals surface area contributed by atoms with Crippen LogP contribution in [-0.4, -0.2) is 42.1 Å². The Bertz CT molecular complexity index is 711. The predicted octanol–water partition coefficient (Wildman–Crippen LogP) is 3.22. The van der Waals surface area contributed by atoms with Crippen LogP contribution in [0.5, 0.6) is 0 Å². The number of rotatable bonds is 8. The van der Waals surface area contributed by atoms with E-state index in [-0.39, 0.29) is 0 Å². The first kappa shape index (κ1) is 17.5. The first-order valence-corrected chi connectivity index (χ1v) is 8.46. The lowest BCUT2D eigenvalue weighted by Crippen LogP contribution is -2.21. The summed E-state index contributed by atoms with van der Waals surface area (Å²) in [7, 11) is 4.02. The molecule has 1 aliphatic carbocycles. The van der Waals surface area contributed by atoms with Crippen LogP contribution in [-0.2, 0) is 6.54 Å². The monoisotopic (exact) mass is 347 g/mol. The van der Waals surface area contributed by atoms with Crippen LogP contribution < -0.4 is 10.6 Å². The third-order valence-electron chi connectivity index (χ3n) is 3.98. The molecule has 0 radical (unpaired) electrons. The van der Waals surface area contributed by atoms with Gasteiger partial charge in [-0.1, -0.05) is 0 Å². The maximum absolute atomic E-state index is 13.3. The molecule has 0 amide bonds. The van der Waals surface area contributed by atoms with Gasteiger partial charge in [0.2, 0.25) is 5.95 Å². The fourth-order valence-electron chi connectivity index (χ4n) is 2.52. The van der Waals surface area contributed by atoms with Gasteiger partial charge in [-0.25, -0.2) is 13.8 Å². The van der Waals surface area contributed by atoms with Crippen LogP contribution in [0.15, 0.2) is 24.3 Å². The minimum Gasteiger partial charge on any atom is -0.366 e. The smallest absolute Gasteiger partial charge is 0.224 e. The number of aromatic nitrogens is 2. The van der Waals surface area contributed by atoms with Gasteiger partial charge in [0, 0.05) is 37.7 Å². The van der Waals surface area contributed by atoms with Gasteiger partial charge in [0.1, 0.15) is 17.5 Å². The van der Waals surface area contributed by atoms with Crippen LogP contribution in [0.2, 0.25) is 0 Å². The minimum absolute atomic E-state index is 0.299. The Morgan fingerprint density at radius 3 is 2.40 bits per heavy atom. The number of halogens is 2. The minimum atomic E-state index is -0.579.